The maximum Gasteiger partial charge on any atom is 0.234 e. The molecule has 1 heterocycles. The first-order valence-corrected chi connectivity index (χ1v) is 6.94. The van der Waals surface area contributed by atoms with Gasteiger partial charge in [-0.05, 0) is 37.4 Å². The minimum absolute atomic E-state index is 0.244. The molecule has 0 bridgehead atoms. The van der Waals surface area contributed by atoms with Crippen LogP contribution in [0.2, 0.25) is 0 Å². The molecule has 1 amide bonds. The Balaban J connectivity index is 2.06. The van der Waals surface area contributed by atoms with Crippen LogP contribution in [0, 0.1) is 0 Å². The third kappa shape index (κ3) is 3.07. The van der Waals surface area contributed by atoms with E-state index in [4.69, 9.17) is 5.73 Å². The number of likely N-dealkylation sites (N-methyl/N-ethyl adjacent to an activating group) is 1. The van der Waals surface area contributed by atoms with Crippen molar-refractivity contribution in [3.63, 3.8) is 0 Å². The first-order chi connectivity index (χ1) is 9.13. The highest BCUT2D eigenvalue weighted by atomic mass is 16.1. The first kappa shape index (κ1) is 13.9. The average molecular weight is 261 g/mol. The van der Waals surface area contributed by atoms with E-state index >= 15 is 0 Å². The Labute approximate surface area is 115 Å². The number of hydrogen-bond acceptors (Lipinski definition) is 3. The number of primary amides is 1. The minimum atomic E-state index is -0.277. The van der Waals surface area contributed by atoms with Crippen molar-refractivity contribution < 1.29 is 4.79 Å². The molecule has 0 fully saturated rings. The number of nitrogens with two attached hydrogens (primary N) is 1. The molecule has 1 aliphatic heterocycles. The summed E-state index contributed by atoms with van der Waals surface area (Å²) in [6.07, 6.45) is 1.91. The number of amides is 1. The molecule has 1 aliphatic rings. The third-order valence-corrected chi connectivity index (χ3v) is 4.02. The van der Waals surface area contributed by atoms with Crippen LogP contribution in [0.3, 0.4) is 0 Å². The number of nitrogens with one attached hydrogen (secondary N) is 1. The van der Waals surface area contributed by atoms with E-state index < -0.39 is 0 Å². The fourth-order valence-corrected chi connectivity index (χ4v) is 2.76. The number of benzene rings is 1. The number of rotatable bonds is 5. The molecule has 1 aromatic carbocycles. The first-order valence-electron chi connectivity index (χ1n) is 6.94. The Hall–Kier alpha value is -1.55. The number of carbonyl (C=O) groups is 1. The molecule has 2 atom stereocenters. The molecule has 2 rings (SSSR count). The van der Waals surface area contributed by atoms with E-state index in [0.29, 0.717) is 5.92 Å². The van der Waals surface area contributed by atoms with Crippen LogP contribution in [0.4, 0.5) is 5.69 Å². The maximum absolute atomic E-state index is 11.2. The van der Waals surface area contributed by atoms with Crippen LogP contribution in [0.1, 0.15) is 31.2 Å². The van der Waals surface area contributed by atoms with Crippen LogP contribution >= 0.6 is 0 Å². The van der Waals surface area contributed by atoms with Crippen molar-refractivity contribution in [1.29, 1.82) is 0 Å². The molecule has 2 unspecified atom stereocenters. The Morgan fingerprint density at radius 3 is 2.95 bits per heavy atom. The number of nitrogens with zero attached hydrogens (tertiary/aromatic N) is 1. The maximum atomic E-state index is 11.2. The van der Waals surface area contributed by atoms with E-state index in [1.54, 1.807) is 7.05 Å². The number of anilines is 1. The van der Waals surface area contributed by atoms with Crippen molar-refractivity contribution in [3.05, 3.63) is 29.8 Å². The van der Waals surface area contributed by atoms with Gasteiger partial charge in [-0.25, -0.2) is 0 Å². The molecule has 0 spiro atoms. The van der Waals surface area contributed by atoms with Gasteiger partial charge in [0.25, 0.3) is 0 Å². The van der Waals surface area contributed by atoms with Crippen LogP contribution in [-0.2, 0) is 4.79 Å². The highest BCUT2D eigenvalue weighted by molar-refractivity contribution is 5.79. The van der Waals surface area contributed by atoms with Crippen LogP contribution in [-0.4, -0.2) is 32.1 Å². The number of hydrogen-bond donors (Lipinski definition) is 2. The van der Waals surface area contributed by atoms with Crippen molar-refractivity contribution in [2.45, 2.75) is 31.7 Å². The summed E-state index contributed by atoms with van der Waals surface area (Å²) in [5, 5.41) is 2.97. The molecule has 0 radical (unpaired) electrons. The fourth-order valence-electron chi connectivity index (χ4n) is 2.76. The molecule has 4 nitrogen and oxygen atoms in total. The number of para-hydroxylation sites is 1. The van der Waals surface area contributed by atoms with E-state index in [9.17, 15) is 4.79 Å². The van der Waals surface area contributed by atoms with Crippen molar-refractivity contribution in [3.8, 4) is 0 Å². The Bertz CT molecular complexity index is 447. The molecule has 0 aromatic heterocycles. The van der Waals surface area contributed by atoms with Crippen molar-refractivity contribution >= 4 is 11.6 Å². The van der Waals surface area contributed by atoms with Gasteiger partial charge in [-0.2, -0.15) is 0 Å². The van der Waals surface area contributed by atoms with E-state index in [-0.39, 0.29) is 11.9 Å². The molecule has 0 aliphatic carbocycles. The van der Waals surface area contributed by atoms with Gasteiger partial charge in [0.15, 0.2) is 0 Å². The lowest BCUT2D eigenvalue weighted by Gasteiger charge is -2.35. The van der Waals surface area contributed by atoms with E-state index in [2.05, 4.69) is 41.4 Å². The summed E-state index contributed by atoms with van der Waals surface area (Å²) < 4.78 is 0. The summed E-state index contributed by atoms with van der Waals surface area (Å²) in [6, 6.07) is 8.30. The number of fused-ring (bicyclic) bond motifs is 1. The second-order valence-electron chi connectivity index (χ2n) is 5.27. The molecule has 0 saturated carbocycles. The van der Waals surface area contributed by atoms with Crippen LogP contribution in [0.15, 0.2) is 24.3 Å². The van der Waals surface area contributed by atoms with Gasteiger partial charge in [-0.15, -0.1) is 0 Å². The highest BCUT2D eigenvalue weighted by Gasteiger charge is 2.22. The van der Waals surface area contributed by atoms with Gasteiger partial charge in [0.1, 0.15) is 0 Å². The SMILES string of the molecule is CNC(CCN1CCC(C)c2ccccc21)C(N)=O. The molecule has 19 heavy (non-hydrogen) atoms. The lowest BCUT2D eigenvalue weighted by atomic mass is 9.91. The summed E-state index contributed by atoms with van der Waals surface area (Å²) in [5.74, 6) is 0.338. The third-order valence-electron chi connectivity index (χ3n) is 4.02. The van der Waals surface area contributed by atoms with Crippen LogP contribution in [0.25, 0.3) is 0 Å². The van der Waals surface area contributed by atoms with E-state index in [1.165, 1.54) is 11.3 Å². The van der Waals surface area contributed by atoms with Crippen molar-refractivity contribution in [2.24, 2.45) is 5.73 Å². The van der Waals surface area contributed by atoms with Crippen LogP contribution in [0.5, 0.6) is 0 Å². The summed E-state index contributed by atoms with van der Waals surface area (Å²) >= 11 is 0. The second-order valence-corrected chi connectivity index (χ2v) is 5.27. The highest BCUT2D eigenvalue weighted by Crippen LogP contribution is 2.34. The molecular weight excluding hydrogens is 238 g/mol. The minimum Gasteiger partial charge on any atom is -0.371 e. The van der Waals surface area contributed by atoms with E-state index in [1.807, 2.05) is 0 Å². The molecular formula is C15H23N3O. The zero-order valence-corrected chi connectivity index (χ0v) is 11.7. The molecule has 3 N–H and O–H groups in total. The van der Waals surface area contributed by atoms with Crippen molar-refractivity contribution in [1.82, 2.24) is 5.32 Å². The zero-order valence-electron chi connectivity index (χ0n) is 11.7. The van der Waals surface area contributed by atoms with Crippen LogP contribution < -0.4 is 16.0 Å². The topological polar surface area (TPSA) is 58.4 Å². The molecule has 104 valence electrons. The smallest absolute Gasteiger partial charge is 0.234 e. The van der Waals surface area contributed by atoms with Gasteiger partial charge < -0.3 is 16.0 Å². The predicted octanol–water partition coefficient (Wildman–Crippen LogP) is 1.46. The van der Waals surface area contributed by atoms with Gasteiger partial charge in [-0.1, -0.05) is 25.1 Å². The lowest BCUT2D eigenvalue weighted by Crippen LogP contribution is -2.42. The monoisotopic (exact) mass is 261 g/mol. The summed E-state index contributed by atoms with van der Waals surface area (Å²) in [7, 11) is 1.78. The standard InChI is InChI=1S/C15H23N3O/c1-11-7-9-18(10-8-13(17-2)15(16)19)14-6-4-3-5-12(11)14/h3-6,11,13,17H,7-10H2,1-2H3,(H2,16,19). The number of carbonyl (C=O) groups excluding carboxylic acids is 1. The van der Waals surface area contributed by atoms with Gasteiger partial charge in [0, 0.05) is 18.8 Å². The van der Waals surface area contributed by atoms with Gasteiger partial charge in [0.2, 0.25) is 5.91 Å². The fraction of sp³-hybridized carbons (Fsp3) is 0.533. The quantitative estimate of drug-likeness (QED) is 0.843. The summed E-state index contributed by atoms with van der Waals surface area (Å²) in [6.45, 7) is 4.18. The normalized spacial score (nSPS) is 19.9. The second kappa shape index (κ2) is 6.06. The molecule has 0 saturated heterocycles. The largest absolute Gasteiger partial charge is 0.371 e. The van der Waals surface area contributed by atoms with Crippen molar-refractivity contribution in [2.75, 3.05) is 25.0 Å². The lowest BCUT2D eigenvalue weighted by molar-refractivity contribution is -0.120. The van der Waals surface area contributed by atoms with Gasteiger partial charge in [0.05, 0.1) is 6.04 Å². The molecule has 1 aromatic rings. The zero-order chi connectivity index (χ0) is 13.8. The Morgan fingerprint density at radius 1 is 1.53 bits per heavy atom. The Morgan fingerprint density at radius 2 is 2.26 bits per heavy atom. The summed E-state index contributed by atoms with van der Waals surface area (Å²) in [4.78, 5) is 13.6. The van der Waals surface area contributed by atoms with Gasteiger partial charge >= 0.3 is 0 Å². The van der Waals surface area contributed by atoms with Gasteiger partial charge in [-0.3, -0.25) is 4.79 Å². The Kier molecular flexibility index (Phi) is 4.43. The predicted molar refractivity (Wildman–Crippen MR) is 78.3 cm³/mol. The summed E-state index contributed by atoms with van der Waals surface area (Å²) in [5.41, 5.74) is 8.08. The average Bonchev–Trinajstić information content (AvgIpc) is 2.42. The molecule has 4 heteroatoms. The van der Waals surface area contributed by atoms with E-state index in [0.717, 1.165) is 25.9 Å².